The number of carbonyl (C=O) groups excluding carboxylic acids is 2. The summed E-state index contributed by atoms with van der Waals surface area (Å²) in [5.74, 6) is -0.136. The van der Waals surface area contributed by atoms with Gasteiger partial charge in [-0.3, -0.25) is 9.59 Å². The summed E-state index contributed by atoms with van der Waals surface area (Å²) in [6, 6.07) is 6.46. The van der Waals surface area contributed by atoms with E-state index in [1.165, 1.54) is 0 Å². The van der Waals surface area contributed by atoms with Crippen molar-refractivity contribution >= 4 is 27.7 Å². The van der Waals surface area contributed by atoms with Crippen molar-refractivity contribution < 1.29 is 9.59 Å². The fraction of sp³-hybridized carbons (Fsp3) is 0.467. The van der Waals surface area contributed by atoms with Gasteiger partial charge in [-0.05, 0) is 49.5 Å². The molecule has 1 fully saturated rings. The number of halogens is 1. The quantitative estimate of drug-likeness (QED) is 0.724. The van der Waals surface area contributed by atoms with Gasteiger partial charge in [0.25, 0.3) is 0 Å². The lowest BCUT2D eigenvalue weighted by molar-refractivity contribution is -0.127. The highest BCUT2D eigenvalue weighted by Crippen LogP contribution is 2.19. The van der Waals surface area contributed by atoms with Gasteiger partial charge < -0.3 is 16.4 Å². The molecule has 2 amide bonds. The monoisotopic (exact) mass is 353 g/mol. The van der Waals surface area contributed by atoms with Gasteiger partial charge in [0.05, 0.1) is 0 Å². The van der Waals surface area contributed by atoms with Crippen molar-refractivity contribution in [3.8, 4) is 0 Å². The van der Waals surface area contributed by atoms with Gasteiger partial charge in [-0.25, -0.2) is 0 Å². The minimum Gasteiger partial charge on any atom is -0.368 e. The van der Waals surface area contributed by atoms with Gasteiger partial charge in [0.2, 0.25) is 11.8 Å². The SMILES string of the molecule is NC(=O)C(NC(=O)CCC1CCNC1)c1cccc(Br)c1. The molecule has 21 heavy (non-hydrogen) atoms. The Hall–Kier alpha value is -1.40. The molecule has 0 spiro atoms. The molecule has 0 bridgehead atoms. The molecule has 1 aromatic carbocycles. The average Bonchev–Trinajstić information content (AvgIpc) is 2.95. The van der Waals surface area contributed by atoms with E-state index < -0.39 is 11.9 Å². The number of hydrogen-bond donors (Lipinski definition) is 3. The van der Waals surface area contributed by atoms with Crippen molar-refractivity contribution in [2.75, 3.05) is 13.1 Å². The predicted octanol–water partition coefficient (Wildman–Crippen LogP) is 1.48. The zero-order valence-corrected chi connectivity index (χ0v) is 13.4. The standard InChI is InChI=1S/C15H20BrN3O2/c16-12-3-1-2-11(8-12)14(15(17)21)19-13(20)5-4-10-6-7-18-9-10/h1-3,8,10,14,18H,4-7,9H2,(H2,17,21)(H,19,20). The molecule has 1 heterocycles. The summed E-state index contributed by atoms with van der Waals surface area (Å²) >= 11 is 3.35. The number of carbonyl (C=O) groups is 2. The third-order valence-electron chi connectivity index (χ3n) is 3.71. The summed E-state index contributed by atoms with van der Waals surface area (Å²) < 4.78 is 0.845. The van der Waals surface area contributed by atoms with Crippen LogP contribution in [0.2, 0.25) is 0 Å². The number of nitrogens with one attached hydrogen (secondary N) is 2. The normalized spacial score (nSPS) is 19.2. The van der Waals surface area contributed by atoms with E-state index in [9.17, 15) is 9.59 Å². The number of hydrogen-bond acceptors (Lipinski definition) is 3. The van der Waals surface area contributed by atoms with Crippen LogP contribution >= 0.6 is 15.9 Å². The lowest BCUT2D eigenvalue weighted by Gasteiger charge is -2.17. The van der Waals surface area contributed by atoms with Crippen LogP contribution in [0.15, 0.2) is 28.7 Å². The fourth-order valence-electron chi connectivity index (χ4n) is 2.53. The van der Waals surface area contributed by atoms with Gasteiger partial charge in [0.1, 0.15) is 6.04 Å². The van der Waals surface area contributed by atoms with Crippen LogP contribution in [0.1, 0.15) is 30.9 Å². The first-order valence-corrected chi connectivity index (χ1v) is 7.90. The zero-order valence-electron chi connectivity index (χ0n) is 11.8. The van der Waals surface area contributed by atoms with Crippen LogP contribution in [0.4, 0.5) is 0 Å². The summed E-state index contributed by atoms with van der Waals surface area (Å²) in [6.07, 6.45) is 2.37. The van der Waals surface area contributed by atoms with Crippen LogP contribution in [-0.4, -0.2) is 24.9 Å². The fourth-order valence-corrected chi connectivity index (χ4v) is 2.95. The topological polar surface area (TPSA) is 84.2 Å². The van der Waals surface area contributed by atoms with E-state index in [1.807, 2.05) is 12.1 Å². The Morgan fingerprint density at radius 1 is 1.48 bits per heavy atom. The van der Waals surface area contributed by atoms with Gasteiger partial charge in [-0.15, -0.1) is 0 Å². The van der Waals surface area contributed by atoms with Crippen molar-refractivity contribution in [1.82, 2.24) is 10.6 Å². The maximum absolute atomic E-state index is 12.0. The summed E-state index contributed by atoms with van der Waals surface area (Å²) in [6.45, 7) is 1.99. The van der Waals surface area contributed by atoms with Crippen molar-refractivity contribution in [3.63, 3.8) is 0 Å². The third-order valence-corrected chi connectivity index (χ3v) is 4.21. The summed E-state index contributed by atoms with van der Waals surface area (Å²) in [5, 5.41) is 6.01. The molecule has 1 aliphatic rings. The van der Waals surface area contributed by atoms with Gasteiger partial charge in [-0.1, -0.05) is 28.1 Å². The minimum atomic E-state index is -0.781. The average molecular weight is 354 g/mol. The van der Waals surface area contributed by atoms with Crippen molar-refractivity contribution in [2.45, 2.75) is 25.3 Å². The van der Waals surface area contributed by atoms with E-state index in [4.69, 9.17) is 5.73 Å². The van der Waals surface area contributed by atoms with Gasteiger partial charge >= 0.3 is 0 Å². The third kappa shape index (κ3) is 4.82. The molecule has 1 aliphatic heterocycles. The molecule has 0 saturated carbocycles. The van der Waals surface area contributed by atoms with E-state index >= 15 is 0 Å². The highest BCUT2D eigenvalue weighted by atomic mass is 79.9. The molecule has 6 heteroatoms. The van der Waals surface area contributed by atoms with E-state index in [0.717, 1.165) is 30.4 Å². The van der Waals surface area contributed by atoms with Crippen LogP contribution in [0.5, 0.6) is 0 Å². The first-order valence-electron chi connectivity index (χ1n) is 7.11. The summed E-state index contributed by atoms with van der Waals surface area (Å²) in [7, 11) is 0. The number of nitrogens with two attached hydrogens (primary N) is 1. The maximum Gasteiger partial charge on any atom is 0.244 e. The lowest BCUT2D eigenvalue weighted by atomic mass is 10.0. The highest BCUT2D eigenvalue weighted by molar-refractivity contribution is 9.10. The number of amides is 2. The smallest absolute Gasteiger partial charge is 0.244 e. The van der Waals surface area contributed by atoms with Gasteiger partial charge in [0, 0.05) is 10.9 Å². The molecule has 5 nitrogen and oxygen atoms in total. The Kier molecular flexibility index (Phi) is 5.76. The number of rotatable bonds is 6. The molecule has 2 unspecified atom stereocenters. The molecule has 0 radical (unpaired) electrons. The molecule has 1 aromatic rings. The number of benzene rings is 1. The van der Waals surface area contributed by atoms with Crippen molar-refractivity contribution in [1.29, 1.82) is 0 Å². The molecular formula is C15H20BrN3O2. The Bertz CT molecular complexity index is 515. The van der Waals surface area contributed by atoms with Crippen molar-refractivity contribution in [3.05, 3.63) is 34.3 Å². The van der Waals surface area contributed by atoms with E-state index in [1.54, 1.807) is 12.1 Å². The Balaban J connectivity index is 1.92. The Labute approximate surface area is 132 Å². The molecule has 1 saturated heterocycles. The van der Waals surface area contributed by atoms with Crippen molar-refractivity contribution in [2.24, 2.45) is 11.7 Å². The molecular weight excluding hydrogens is 334 g/mol. The summed E-state index contributed by atoms with van der Waals surface area (Å²) in [5.41, 5.74) is 6.09. The van der Waals surface area contributed by atoms with Gasteiger partial charge in [-0.2, -0.15) is 0 Å². The van der Waals surface area contributed by atoms with Crippen LogP contribution in [0, 0.1) is 5.92 Å². The second-order valence-corrected chi connectivity index (χ2v) is 6.27. The second-order valence-electron chi connectivity index (χ2n) is 5.36. The molecule has 0 aliphatic carbocycles. The van der Waals surface area contributed by atoms with Crippen LogP contribution in [0.25, 0.3) is 0 Å². The minimum absolute atomic E-state index is 0.134. The Morgan fingerprint density at radius 2 is 2.29 bits per heavy atom. The molecule has 114 valence electrons. The molecule has 4 N–H and O–H groups in total. The first kappa shape index (κ1) is 16.0. The van der Waals surface area contributed by atoms with E-state index in [0.29, 0.717) is 17.9 Å². The van der Waals surface area contributed by atoms with Gasteiger partial charge in [0.15, 0.2) is 0 Å². The van der Waals surface area contributed by atoms with Crippen LogP contribution in [0.3, 0.4) is 0 Å². The number of primary amides is 1. The zero-order chi connectivity index (χ0) is 15.2. The molecule has 2 atom stereocenters. The maximum atomic E-state index is 12.0. The largest absolute Gasteiger partial charge is 0.368 e. The Morgan fingerprint density at radius 3 is 2.90 bits per heavy atom. The second kappa shape index (κ2) is 7.56. The first-order chi connectivity index (χ1) is 10.1. The highest BCUT2D eigenvalue weighted by Gasteiger charge is 2.21. The molecule has 2 rings (SSSR count). The van der Waals surface area contributed by atoms with E-state index in [-0.39, 0.29) is 5.91 Å². The van der Waals surface area contributed by atoms with E-state index in [2.05, 4.69) is 26.6 Å². The lowest BCUT2D eigenvalue weighted by Crippen LogP contribution is -2.37. The van der Waals surface area contributed by atoms with Crippen LogP contribution < -0.4 is 16.4 Å². The summed E-state index contributed by atoms with van der Waals surface area (Å²) in [4.78, 5) is 23.6. The molecule has 0 aromatic heterocycles. The predicted molar refractivity (Wildman–Crippen MR) is 84.4 cm³/mol. The van der Waals surface area contributed by atoms with Crippen LogP contribution in [-0.2, 0) is 9.59 Å².